The van der Waals surface area contributed by atoms with Gasteiger partial charge in [0.2, 0.25) is 5.78 Å². The van der Waals surface area contributed by atoms with Gasteiger partial charge in [0.05, 0.1) is 40.7 Å². The van der Waals surface area contributed by atoms with E-state index in [1.54, 1.807) is 0 Å². The topological polar surface area (TPSA) is 202 Å². The van der Waals surface area contributed by atoms with Crippen molar-refractivity contribution in [1.82, 2.24) is 4.90 Å². The van der Waals surface area contributed by atoms with Gasteiger partial charge in [0.1, 0.15) is 22.8 Å². The number of carbonyl (C=O) groups is 3. The molecule has 1 amide bonds. The van der Waals surface area contributed by atoms with Crippen LogP contribution in [0.3, 0.4) is 0 Å². The van der Waals surface area contributed by atoms with Crippen LogP contribution in [0.5, 0.6) is 5.75 Å². The van der Waals surface area contributed by atoms with Crippen molar-refractivity contribution in [3.8, 4) is 5.75 Å². The molecular weight excluding hydrogens is 437 g/mol. The van der Waals surface area contributed by atoms with Crippen LogP contribution in [0.2, 0.25) is 0 Å². The van der Waals surface area contributed by atoms with Gasteiger partial charge < -0.3 is 36.4 Å². The maximum atomic E-state index is 13.8. The van der Waals surface area contributed by atoms with Gasteiger partial charge in [-0.25, -0.2) is 0 Å². The van der Waals surface area contributed by atoms with Crippen molar-refractivity contribution >= 4 is 23.2 Å². The number of hydrogen-bond acceptors (Lipinski definition) is 10. The number of carbonyl (C=O) groups excluding carboxylic acids is 3. The molecule has 3 aliphatic carbocycles. The van der Waals surface area contributed by atoms with E-state index in [0.29, 0.717) is 4.90 Å². The zero-order valence-corrected chi connectivity index (χ0v) is 17.5. The number of phenolic OH excluding ortho intramolecular Hbond substituents is 1. The second kappa shape index (κ2) is 6.87. The average Bonchev–Trinajstić information content (AvgIpc) is 2.75. The summed E-state index contributed by atoms with van der Waals surface area (Å²) in [5.74, 6) is -11.4. The highest BCUT2D eigenvalue weighted by Gasteiger charge is 2.70. The summed E-state index contributed by atoms with van der Waals surface area (Å²) in [6.07, 6.45) is -2.15. The monoisotopic (exact) mass is 464 g/mol. The third-order valence-corrected chi connectivity index (χ3v) is 6.90. The number of rotatable bonds is 2. The van der Waals surface area contributed by atoms with E-state index in [1.807, 2.05) is 0 Å². The Morgan fingerprint density at radius 3 is 2.42 bits per heavy atom. The van der Waals surface area contributed by atoms with Crippen molar-refractivity contribution in [2.45, 2.75) is 30.3 Å². The predicted octanol–water partition coefficient (Wildman–Crippen LogP) is -1.40. The summed E-state index contributed by atoms with van der Waals surface area (Å²) in [5, 5.41) is 66.7. The number of aliphatic hydroxyl groups is 5. The van der Waals surface area contributed by atoms with Crippen molar-refractivity contribution in [3.63, 3.8) is 0 Å². The Balaban J connectivity index is 2.11. The van der Waals surface area contributed by atoms with E-state index in [9.17, 15) is 45.0 Å². The van der Waals surface area contributed by atoms with Crippen LogP contribution < -0.4 is 5.73 Å². The fraction of sp³-hybridized carbons (Fsp3) is 0.409. The Labute approximate surface area is 191 Å². The minimum Gasteiger partial charge on any atom is -0.508 e. The highest BCUT2D eigenvalue weighted by atomic mass is 16.4. The van der Waals surface area contributed by atoms with E-state index >= 15 is 0 Å². The van der Waals surface area contributed by atoms with Crippen molar-refractivity contribution in [3.05, 3.63) is 46.2 Å². The van der Waals surface area contributed by atoms with Gasteiger partial charge >= 0.3 is 0 Å². The molecule has 176 valence electrons. The number of phenols is 1. The molecule has 4 rings (SSSR count). The standard InChI is InChI=1S/C22H24N2O9/c1-21(32)7-5-4-6-8(25)9(7)15(26)10-12(21)17(28)13-14(24(2)3)16(27)11(20(23)31)19(30)22(13,33)18(10)29/h4-6,12-14,17,25-26,28,30,32-33H,1-3H3,(H2,23,31)/t12-,13-,14+,17+,21-,22+/m1/s1/i2+1D3. The number of benzene rings is 1. The average molecular weight is 464 g/mol. The number of aliphatic hydroxyl groups excluding tert-OH is 3. The number of amides is 1. The number of likely N-dealkylation sites (N-methyl/N-ethyl adjacent to an activating group) is 1. The predicted molar refractivity (Wildman–Crippen MR) is 112 cm³/mol. The number of nitrogens with zero attached hydrogens (tertiary/aromatic N) is 1. The minimum absolute atomic E-state index is 0.105. The molecule has 0 bridgehead atoms. The highest BCUT2D eigenvalue weighted by molar-refractivity contribution is 6.24. The molecule has 0 aromatic heterocycles. The lowest BCUT2D eigenvalue weighted by Gasteiger charge is -2.55. The van der Waals surface area contributed by atoms with Crippen LogP contribution in [0.4, 0.5) is 0 Å². The van der Waals surface area contributed by atoms with E-state index < -0.39 is 88.0 Å². The van der Waals surface area contributed by atoms with Crippen LogP contribution >= 0.6 is 0 Å². The number of nitrogens with two attached hydrogens (primary N) is 1. The first-order chi connectivity index (χ1) is 16.4. The van der Waals surface area contributed by atoms with Gasteiger partial charge in [0.25, 0.3) is 5.91 Å². The summed E-state index contributed by atoms with van der Waals surface area (Å²) in [6, 6.07) is 1.69. The maximum Gasteiger partial charge on any atom is 0.255 e. The Morgan fingerprint density at radius 1 is 1.21 bits per heavy atom. The zero-order chi connectivity index (χ0) is 27.3. The quantitative estimate of drug-likeness (QED) is 0.201. The first-order valence-corrected chi connectivity index (χ1v) is 9.86. The lowest BCUT2D eigenvalue weighted by atomic mass is 9.53. The molecule has 1 aromatic rings. The second-order valence-electron chi connectivity index (χ2n) is 8.71. The molecular formula is C22H24N2O9. The molecule has 0 saturated heterocycles. The van der Waals surface area contributed by atoms with Gasteiger partial charge in [0, 0.05) is 4.11 Å². The summed E-state index contributed by atoms with van der Waals surface area (Å²) in [7, 11) is 0.920. The Kier molecular flexibility index (Phi) is 4.01. The van der Waals surface area contributed by atoms with E-state index in [4.69, 9.17) is 9.85 Å². The SMILES string of the molecule is [2H][13C]([2H])([2H])N(C)[C@@H]1C(=O)C(C(N)=O)=C(O)[C@@]2(O)C(=O)C3=C(O)c4c(O)cccc4[C@@](C)(O)[C@H]3[C@H](O)[C@@H]12. The van der Waals surface area contributed by atoms with E-state index in [0.717, 1.165) is 20.0 Å². The maximum absolute atomic E-state index is 13.8. The van der Waals surface area contributed by atoms with E-state index in [1.165, 1.54) is 12.1 Å². The molecule has 11 nitrogen and oxygen atoms in total. The van der Waals surface area contributed by atoms with Crippen LogP contribution in [-0.4, -0.2) is 84.8 Å². The molecule has 11 heteroatoms. The fourth-order valence-corrected chi connectivity index (χ4v) is 5.46. The van der Waals surface area contributed by atoms with Crippen molar-refractivity contribution in [1.29, 1.82) is 0 Å². The molecule has 0 aliphatic heterocycles. The van der Waals surface area contributed by atoms with Gasteiger partial charge in [-0.05, 0) is 32.6 Å². The van der Waals surface area contributed by atoms with Crippen LogP contribution in [0.25, 0.3) is 5.76 Å². The zero-order valence-electron chi connectivity index (χ0n) is 20.5. The van der Waals surface area contributed by atoms with Gasteiger partial charge in [-0.2, -0.15) is 0 Å². The molecule has 0 radical (unpaired) electrons. The van der Waals surface area contributed by atoms with Crippen LogP contribution in [0.1, 0.15) is 22.2 Å². The molecule has 1 aromatic carbocycles. The first-order valence-electron chi connectivity index (χ1n) is 11.4. The lowest BCUT2D eigenvalue weighted by Crippen LogP contribution is -2.71. The van der Waals surface area contributed by atoms with Crippen molar-refractivity contribution in [2.75, 3.05) is 14.0 Å². The number of aromatic hydroxyl groups is 1. The Morgan fingerprint density at radius 2 is 1.85 bits per heavy atom. The number of Topliss-reactive ketones (excluding diaryl/α,β-unsaturated/α-hetero) is 2. The highest BCUT2D eigenvalue weighted by Crippen LogP contribution is 2.57. The molecule has 1 fully saturated rings. The molecule has 0 unspecified atom stereocenters. The van der Waals surface area contributed by atoms with Gasteiger partial charge in [-0.3, -0.25) is 19.3 Å². The van der Waals surface area contributed by atoms with Crippen LogP contribution in [-0.2, 0) is 20.0 Å². The Hall–Kier alpha value is -3.25. The van der Waals surface area contributed by atoms with Gasteiger partial charge in [-0.15, -0.1) is 0 Å². The van der Waals surface area contributed by atoms with E-state index in [-0.39, 0.29) is 11.1 Å². The summed E-state index contributed by atoms with van der Waals surface area (Å²) < 4.78 is 23.2. The second-order valence-corrected chi connectivity index (χ2v) is 8.71. The van der Waals surface area contributed by atoms with Crippen molar-refractivity contribution < 1.29 is 49.1 Å². The summed E-state index contributed by atoms with van der Waals surface area (Å²) in [5.41, 5.74) is -2.84. The van der Waals surface area contributed by atoms with Crippen LogP contribution in [0, 0.1) is 11.8 Å². The molecule has 1 saturated carbocycles. The van der Waals surface area contributed by atoms with Gasteiger partial charge in [-0.1, -0.05) is 12.1 Å². The third-order valence-electron chi connectivity index (χ3n) is 6.90. The molecule has 3 aliphatic rings. The molecule has 6 atom stereocenters. The smallest absolute Gasteiger partial charge is 0.255 e. The molecule has 33 heavy (non-hydrogen) atoms. The van der Waals surface area contributed by atoms with Crippen LogP contribution in [0.15, 0.2) is 35.1 Å². The number of ketones is 2. The summed E-state index contributed by atoms with van der Waals surface area (Å²) in [4.78, 5) is 39.5. The number of fused-ring (bicyclic) bond motifs is 3. The molecule has 0 heterocycles. The largest absolute Gasteiger partial charge is 0.508 e. The molecule has 0 spiro atoms. The van der Waals surface area contributed by atoms with Crippen molar-refractivity contribution in [2.24, 2.45) is 17.6 Å². The Bertz CT molecular complexity index is 1290. The summed E-state index contributed by atoms with van der Waals surface area (Å²) in [6.45, 7) is -1.90. The third kappa shape index (κ3) is 2.61. The number of hydrogen-bond donors (Lipinski definition) is 7. The minimum atomic E-state index is -3.31. The number of primary amides is 1. The normalized spacial score (nSPS) is 37.7. The van der Waals surface area contributed by atoms with Gasteiger partial charge in [0.15, 0.2) is 11.4 Å². The lowest BCUT2D eigenvalue weighted by molar-refractivity contribution is -0.181. The molecule has 8 N–H and O–H groups in total. The first kappa shape index (κ1) is 19.2. The fourth-order valence-electron chi connectivity index (χ4n) is 5.46. The summed E-state index contributed by atoms with van der Waals surface area (Å²) >= 11 is 0. The van der Waals surface area contributed by atoms with E-state index in [2.05, 4.69) is 0 Å².